The molecule has 0 saturated carbocycles. The maximum absolute atomic E-state index is 12.4. The van der Waals surface area contributed by atoms with Crippen molar-refractivity contribution in [3.63, 3.8) is 0 Å². The number of nitrogens with zero attached hydrogens (tertiary/aromatic N) is 1. The number of carboxylic acid groups (broad SMARTS) is 1. The van der Waals surface area contributed by atoms with Crippen LogP contribution in [0.2, 0.25) is 0 Å². The molecule has 0 bridgehead atoms. The first-order chi connectivity index (χ1) is 12.2. The molecule has 0 radical (unpaired) electrons. The number of amides is 4. The van der Waals surface area contributed by atoms with Gasteiger partial charge in [-0.15, -0.1) is 0 Å². The van der Waals surface area contributed by atoms with Crippen molar-refractivity contribution >= 4 is 42.2 Å². The zero-order chi connectivity index (χ0) is 19.9. The van der Waals surface area contributed by atoms with Crippen molar-refractivity contribution in [2.24, 2.45) is 11.5 Å². The van der Waals surface area contributed by atoms with Crippen LogP contribution in [0.1, 0.15) is 19.3 Å². The van der Waals surface area contributed by atoms with Crippen LogP contribution in [0.25, 0.3) is 0 Å². The summed E-state index contributed by atoms with van der Waals surface area (Å²) in [5.41, 5.74) is 10.7. The number of nitrogens with one attached hydrogen (secondary N) is 2. The number of hydrogen-bond acceptors (Lipinski definition) is 7. The minimum Gasteiger partial charge on any atom is -0.480 e. The van der Waals surface area contributed by atoms with Gasteiger partial charge in [0, 0.05) is 12.3 Å². The fourth-order valence-corrected chi connectivity index (χ4v) is 2.83. The lowest BCUT2D eigenvalue weighted by atomic mass is 10.1. The molecule has 0 spiro atoms. The Hall–Kier alpha value is -2.34. The molecule has 4 amide bonds. The summed E-state index contributed by atoms with van der Waals surface area (Å²) in [7, 11) is 0. The number of rotatable bonds is 9. The van der Waals surface area contributed by atoms with Crippen molar-refractivity contribution in [2.45, 2.75) is 37.4 Å². The highest BCUT2D eigenvalue weighted by Gasteiger charge is 2.37. The SMILES string of the molecule is NC(=O)CC(N)C(=O)N1CCCC1C(=O)NC(CS)C(=O)NCC(=O)O. The number of primary amides is 1. The van der Waals surface area contributed by atoms with E-state index in [2.05, 4.69) is 23.3 Å². The van der Waals surface area contributed by atoms with Crippen molar-refractivity contribution in [1.82, 2.24) is 15.5 Å². The zero-order valence-corrected chi connectivity index (χ0v) is 14.9. The van der Waals surface area contributed by atoms with Crippen molar-refractivity contribution in [3.05, 3.63) is 0 Å². The third-order valence-corrected chi connectivity index (χ3v) is 4.17. The van der Waals surface area contributed by atoms with Gasteiger partial charge < -0.3 is 32.1 Å². The highest BCUT2D eigenvalue weighted by Crippen LogP contribution is 2.19. The first-order valence-corrected chi connectivity index (χ1v) is 8.55. The summed E-state index contributed by atoms with van der Waals surface area (Å²) < 4.78 is 0. The molecule has 0 aromatic carbocycles. The van der Waals surface area contributed by atoms with Crippen LogP contribution in [0.5, 0.6) is 0 Å². The molecule has 146 valence electrons. The molecule has 1 fully saturated rings. The molecule has 0 aromatic rings. The summed E-state index contributed by atoms with van der Waals surface area (Å²) in [5, 5.41) is 13.2. The number of carboxylic acids is 1. The minimum atomic E-state index is -1.22. The van der Waals surface area contributed by atoms with Crippen LogP contribution in [0.3, 0.4) is 0 Å². The number of aliphatic carboxylic acids is 1. The summed E-state index contributed by atoms with van der Waals surface area (Å²) >= 11 is 3.98. The molecule has 7 N–H and O–H groups in total. The third-order valence-electron chi connectivity index (χ3n) is 3.81. The first kappa shape index (κ1) is 21.7. The van der Waals surface area contributed by atoms with Crippen molar-refractivity contribution in [1.29, 1.82) is 0 Å². The molecule has 1 rings (SSSR count). The fraction of sp³-hybridized carbons (Fsp3) is 0.643. The van der Waals surface area contributed by atoms with Crippen LogP contribution in [-0.2, 0) is 24.0 Å². The van der Waals surface area contributed by atoms with E-state index >= 15 is 0 Å². The van der Waals surface area contributed by atoms with Crippen LogP contribution in [-0.4, -0.2) is 76.6 Å². The van der Waals surface area contributed by atoms with E-state index in [0.717, 1.165) is 0 Å². The van der Waals surface area contributed by atoms with Gasteiger partial charge in [0.1, 0.15) is 18.6 Å². The Morgan fingerprint density at radius 1 is 1.27 bits per heavy atom. The van der Waals surface area contributed by atoms with Crippen LogP contribution in [0, 0.1) is 0 Å². The second kappa shape index (κ2) is 9.97. The maximum Gasteiger partial charge on any atom is 0.322 e. The summed E-state index contributed by atoms with van der Waals surface area (Å²) in [4.78, 5) is 59.3. The van der Waals surface area contributed by atoms with Crippen LogP contribution in [0.15, 0.2) is 0 Å². The molecule has 3 unspecified atom stereocenters. The van der Waals surface area contributed by atoms with Gasteiger partial charge in [-0.3, -0.25) is 24.0 Å². The molecule has 0 aliphatic carbocycles. The van der Waals surface area contributed by atoms with Gasteiger partial charge in [0.2, 0.25) is 23.6 Å². The average Bonchev–Trinajstić information content (AvgIpc) is 3.05. The Labute approximate surface area is 155 Å². The quantitative estimate of drug-likeness (QED) is 0.224. The van der Waals surface area contributed by atoms with E-state index in [1.165, 1.54) is 4.90 Å². The molecule has 1 aliphatic heterocycles. The van der Waals surface area contributed by atoms with Gasteiger partial charge in [0.25, 0.3) is 0 Å². The minimum absolute atomic E-state index is 0.0565. The second-order valence-corrected chi connectivity index (χ2v) is 6.19. The summed E-state index contributed by atoms with van der Waals surface area (Å²) in [6, 6.07) is -3.03. The lowest BCUT2D eigenvalue weighted by Gasteiger charge is -2.27. The Balaban J connectivity index is 2.71. The van der Waals surface area contributed by atoms with Gasteiger partial charge >= 0.3 is 5.97 Å². The van der Waals surface area contributed by atoms with Crippen LogP contribution < -0.4 is 22.1 Å². The van der Waals surface area contributed by atoms with Gasteiger partial charge in [-0.05, 0) is 12.8 Å². The summed E-state index contributed by atoms with van der Waals surface area (Å²) in [5.74, 6) is -3.85. The predicted molar refractivity (Wildman–Crippen MR) is 93.0 cm³/mol. The number of nitrogens with two attached hydrogens (primary N) is 2. The van der Waals surface area contributed by atoms with E-state index in [9.17, 15) is 24.0 Å². The normalized spacial score (nSPS) is 18.7. The van der Waals surface area contributed by atoms with Crippen molar-refractivity contribution in [3.8, 4) is 0 Å². The first-order valence-electron chi connectivity index (χ1n) is 7.92. The summed E-state index contributed by atoms with van der Waals surface area (Å²) in [6.45, 7) is -0.297. The fourth-order valence-electron chi connectivity index (χ4n) is 2.57. The number of hydrogen-bond donors (Lipinski definition) is 6. The van der Waals surface area contributed by atoms with E-state index in [-0.39, 0.29) is 12.2 Å². The molecule has 26 heavy (non-hydrogen) atoms. The summed E-state index contributed by atoms with van der Waals surface area (Å²) in [6.07, 6.45) is 0.599. The zero-order valence-electron chi connectivity index (χ0n) is 14.0. The van der Waals surface area contributed by atoms with E-state index < -0.39 is 54.3 Å². The Morgan fingerprint density at radius 2 is 1.92 bits per heavy atom. The van der Waals surface area contributed by atoms with Crippen LogP contribution in [0.4, 0.5) is 0 Å². The van der Waals surface area contributed by atoms with E-state index in [1.54, 1.807) is 0 Å². The monoisotopic (exact) mass is 389 g/mol. The molecule has 0 aromatic heterocycles. The Bertz CT molecular complexity index is 586. The second-order valence-electron chi connectivity index (χ2n) is 5.82. The topological polar surface area (TPSA) is 185 Å². The molecule has 12 heteroatoms. The number of carbonyl (C=O) groups is 5. The van der Waals surface area contributed by atoms with Gasteiger partial charge in [-0.25, -0.2) is 0 Å². The molecular weight excluding hydrogens is 366 g/mol. The maximum atomic E-state index is 12.4. The highest BCUT2D eigenvalue weighted by molar-refractivity contribution is 7.80. The van der Waals surface area contributed by atoms with E-state index in [1.807, 2.05) is 0 Å². The van der Waals surface area contributed by atoms with Gasteiger partial charge in [-0.1, -0.05) is 0 Å². The average molecular weight is 389 g/mol. The van der Waals surface area contributed by atoms with E-state index in [4.69, 9.17) is 16.6 Å². The van der Waals surface area contributed by atoms with Gasteiger partial charge in [-0.2, -0.15) is 12.6 Å². The largest absolute Gasteiger partial charge is 0.480 e. The third kappa shape index (κ3) is 6.19. The Kier molecular flexibility index (Phi) is 8.32. The molecular formula is C14H23N5O6S. The molecule has 1 aliphatic rings. The lowest BCUT2D eigenvalue weighted by molar-refractivity contribution is -0.141. The number of thiol groups is 1. The molecule has 1 heterocycles. The number of likely N-dealkylation sites (tertiary alicyclic amines) is 1. The lowest BCUT2D eigenvalue weighted by Crippen LogP contribution is -2.56. The highest BCUT2D eigenvalue weighted by atomic mass is 32.1. The van der Waals surface area contributed by atoms with Crippen LogP contribution >= 0.6 is 12.6 Å². The van der Waals surface area contributed by atoms with Gasteiger partial charge in [0.05, 0.1) is 12.5 Å². The standard InChI is InChI=1S/C14H23N5O6S/c15-7(4-10(16)20)14(25)19-3-1-2-9(19)13(24)18-8(6-26)12(23)17-5-11(21)22/h7-9,26H,1-6,15H2,(H2,16,20)(H,17,23)(H,18,24)(H,21,22). The van der Waals surface area contributed by atoms with Gasteiger partial charge in [0.15, 0.2) is 0 Å². The molecule has 11 nitrogen and oxygen atoms in total. The molecule has 3 atom stereocenters. The smallest absolute Gasteiger partial charge is 0.322 e. The molecule has 1 saturated heterocycles. The van der Waals surface area contributed by atoms with Crippen molar-refractivity contribution in [2.75, 3.05) is 18.8 Å². The predicted octanol–water partition coefficient (Wildman–Crippen LogP) is -3.20. The number of carbonyl (C=O) groups excluding carboxylic acids is 4. The van der Waals surface area contributed by atoms with E-state index in [0.29, 0.717) is 19.4 Å². The Morgan fingerprint density at radius 3 is 2.46 bits per heavy atom. The van der Waals surface area contributed by atoms with Crippen molar-refractivity contribution < 1.29 is 29.1 Å².